The van der Waals surface area contributed by atoms with E-state index >= 15 is 0 Å². The van der Waals surface area contributed by atoms with E-state index in [-0.39, 0.29) is 24.7 Å². The summed E-state index contributed by atoms with van der Waals surface area (Å²) in [5, 5.41) is 9.88. The number of nitrogens with zero attached hydrogens (tertiary/aromatic N) is 2. The predicted molar refractivity (Wildman–Crippen MR) is 144 cm³/mol. The number of likely N-dealkylation sites (N-methyl/N-ethyl adjacent to an activating group) is 1. The molecule has 1 fully saturated rings. The number of amides is 1. The largest absolute Gasteiger partial charge is 0.481 e. The van der Waals surface area contributed by atoms with Gasteiger partial charge < -0.3 is 24.4 Å². The van der Waals surface area contributed by atoms with Gasteiger partial charge in [0.1, 0.15) is 0 Å². The van der Waals surface area contributed by atoms with E-state index in [0.717, 1.165) is 81.6 Å². The van der Waals surface area contributed by atoms with E-state index in [0.29, 0.717) is 0 Å². The van der Waals surface area contributed by atoms with Crippen LogP contribution in [0.15, 0.2) is 18.2 Å². The van der Waals surface area contributed by atoms with Crippen LogP contribution in [0.4, 0.5) is 0 Å². The molecule has 3 rings (SSSR count). The molecule has 0 bridgehead atoms. The Bertz CT molecular complexity index is 779. The first-order chi connectivity index (χ1) is 17.5. The minimum absolute atomic E-state index is 0.00218. The van der Waals surface area contributed by atoms with Crippen LogP contribution < -0.4 is 9.47 Å². The lowest BCUT2D eigenvalue weighted by molar-refractivity contribution is -0.143. The van der Waals surface area contributed by atoms with Crippen molar-refractivity contribution in [2.45, 2.75) is 96.9 Å². The van der Waals surface area contributed by atoms with E-state index < -0.39 is 5.97 Å². The number of hydrogen-bond acceptors (Lipinski definition) is 5. The Balaban J connectivity index is 0.000000352. The summed E-state index contributed by atoms with van der Waals surface area (Å²) < 4.78 is 10.8. The number of benzene rings is 1. The number of hydrogen-bond donors (Lipinski definition) is 1. The molecule has 3 unspecified atom stereocenters. The normalized spacial score (nSPS) is 20.6. The zero-order chi connectivity index (χ0) is 26.3. The number of carbonyl (C=O) groups is 2. The molecular weight excluding hydrogens is 456 g/mol. The van der Waals surface area contributed by atoms with Crippen LogP contribution in [0, 0.1) is 5.92 Å². The van der Waals surface area contributed by atoms with E-state index in [9.17, 15) is 14.7 Å². The zero-order valence-electron chi connectivity index (χ0n) is 22.9. The first-order valence-electron chi connectivity index (χ1n) is 14.0. The third kappa shape index (κ3) is 8.99. The second-order valence-corrected chi connectivity index (χ2v) is 10.1. The SMILES string of the molecule is CCCCCCCC1C(C(=O)O)C(c2ccc3c(c2)OCO3)CN1C.CCCCN(C=O)CCCC. The Morgan fingerprint density at radius 3 is 2.25 bits per heavy atom. The van der Waals surface area contributed by atoms with E-state index in [1.165, 1.54) is 25.7 Å². The van der Waals surface area contributed by atoms with Crippen molar-refractivity contribution in [3.05, 3.63) is 23.8 Å². The van der Waals surface area contributed by atoms with Crippen LogP contribution in [-0.2, 0) is 9.59 Å². The maximum atomic E-state index is 12.0. The summed E-state index contributed by atoms with van der Waals surface area (Å²) in [6.45, 7) is 9.37. The average Bonchev–Trinajstić information content (AvgIpc) is 3.48. The van der Waals surface area contributed by atoms with Crippen molar-refractivity contribution >= 4 is 12.4 Å². The van der Waals surface area contributed by atoms with Gasteiger partial charge in [-0.3, -0.25) is 9.59 Å². The smallest absolute Gasteiger partial charge is 0.308 e. The Morgan fingerprint density at radius 2 is 1.64 bits per heavy atom. The number of carboxylic acid groups (broad SMARTS) is 1. The Morgan fingerprint density at radius 1 is 1.00 bits per heavy atom. The van der Waals surface area contributed by atoms with E-state index in [1.807, 2.05) is 23.1 Å². The summed E-state index contributed by atoms with van der Waals surface area (Å²) in [4.78, 5) is 26.6. The lowest BCUT2D eigenvalue weighted by Gasteiger charge is -2.23. The fourth-order valence-corrected chi connectivity index (χ4v) is 5.19. The number of carbonyl (C=O) groups excluding carboxylic acids is 1. The minimum atomic E-state index is -0.689. The first kappa shape index (κ1) is 29.9. The van der Waals surface area contributed by atoms with E-state index in [1.54, 1.807) is 0 Å². The maximum absolute atomic E-state index is 12.0. The van der Waals surface area contributed by atoms with Gasteiger partial charge in [-0.25, -0.2) is 0 Å². The van der Waals surface area contributed by atoms with Gasteiger partial charge in [0, 0.05) is 31.6 Å². The number of unbranched alkanes of at least 4 members (excludes halogenated alkanes) is 6. The number of aliphatic carboxylic acids is 1. The fourth-order valence-electron chi connectivity index (χ4n) is 5.19. The number of carboxylic acids is 1. The number of likely N-dealkylation sites (tertiary alicyclic amines) is 1. The standard InChI is InChI=1S/C20H29NO4.C9H19NO/c1-3-4-5-6-7-8-16-19(20(22)23)15(12-21(16)2)14-9-10-17-18(11-14)25-13-24-17;1-3-5-7-10(9-11)8-6-4-2/h9-11,15-16,19H,3-8,12-13H2,1-2H3,(H,22,23);9H,3-8H2,1-2H3. The molecule has 0 spiro atoms. The quantitative estimate of drug-likeness (QED) is 0.236. The molecule has 7 heteroatoms. The highest BCUT2D eigenvalue weighted by Crippen LogP contribution is 2.42. The topological polar surface area (TPSA) is 79.3 Å². The van der Waals surface area contributed by atoms with Crippen molar-refractivity contribution in [2.24, 2.45) is 5.92 Å². The van der Waals surface area contributed by atoms with Crippen molar-refractivity contribution in [3.8, 4) is 11.5 Å². The summed E-state index contributed by atoms with van der Waals surface area (Å²) in [6.07, 6.45) is 12.5. The molecule has 0 aromatic heterocycles. The van der Waals surface area contributed by atoms with Gasteiger partial charge in [0.2, 0.25) is 13.2 Å². The van der Waals surface area contributed by atoms with Crippen molar-refractivity contribution < 1.29 is 24.2 Å². The number of rotatable bonds is 15. The Labute approximate surface area is 218 Å². The third-order valence-corrected chi connectivity index (χ3v) is 7.36. The highest BCUT2D eigenvalue weighted by atomic mass is 16.7. The third-order valence-electron chi connectivity index (χ3n) is 7.36. The molecule has 7 nitrogen and oxygen atoms in total. The molecule has 1 aromatic carbocycles. The maximum Gasteiger partial charge on any atom is 0.308 e. The van der Waals surface area contributed by atoms with Crippen molar-refractivity contribution in [3.63, 3.8) is 0 Å². The van der Waals surface area contributed by atoms with Gasteiger partial charge >= 0.3 is 5.97 Å². The van der Waals surface area contributed by atoms with Gasteiger partial charge in [-0.05, 0) is 44.0 Å². The molecule has 1 aromatic rings. The molecule has 1 saturated heterocycles. The summed E-state index contributed by atoms with van der Waals surface area (Å²) in [7, 11) is 2.06. The van der Waals surface area contributed by atoms with Gasteiger partial charge in [-0.15, -0.1) is 0 Å². The van der Waals surface area contributed by atoms with Gasteiger partial charge in [-0.2, -0.15) is 0 Å². The lowest BCUT2D eigenvalue weighted by Crippen LogP contribution is -2.33. The van der Waals surface area contributed by atoms with E-state index in [4.69, 9.17) is 9.47 Å². The van der Waals surface area contributed by atoms with Crippen LogP contribution in [-0.4, -0.2) is 66.8 Å². The second kappa shape index (κ2) is 16.5. The van der Waals surface area contributed by atoms with Crippen molar-refractivity contribution in [2.75, 3.05) is 33.5 Å². The van der Waals surface area contributed by atoms with Crippen LogP contribution in [0.1, 0.15) is 96.5 Å². The highest BCUT2D eigenvalue weighted by molar-refractivity contribution is 5.73. The Hall–Kier alpha value is -2.28. The van der Waals surface area contributed by atoms with Crippen LogP contribution >= 0.6 is 0 Å². The highest BCUT2D eigenvalue weighted by Gasteiger charge is 2.44. The summed E-state index contributed by atoms with van der Waals surface area (Å²) in [6, 6.07) is 5.95. The van der Waals surface area contributed by atoms with E-state index in [2.05, 4.69) is 32.7 Å². The van der Waals surface area contributed by atoms with Crippen LogP contribution in [0.2, 0.25) is 0 Å². The molecule has 204 valence electrons. The molecule has 1 N–H and O–H groups in total. The fraction of sp³-hybridized carbons (Fsp3) is 0.724. The second-order valence-electron chi connectivity index (χ2n) is 10.1. The zero-order valence-corrected chi connectivity index (χ0v) is 22.9. The monoisotopic (exact) mass is 504 g/mol. The van der Waals surface area contributed by atoms with Crippen LogP contribution in [0.3, 0.4) is 0 Å². The molecule has 2 heterocycles. The van der Waals surface area contributed by atoms with Crippen LogP contribution in [0.25, 0.3) is 0 Å². The van der Waals surface area contributed by atoms with Crippen LogP contribution in [0.5, 0.6) is 11.5 Å². The summed E-state index contributed by atoms with van der Waals surface area (Å²) in [5.41, 5.74) is 1.04. The minimum Gasteiger partial charge on any atom is -0.481 e. The van der Waals surface area contributed by atoms with Gasteiger partial charge in [0.05, 0.1) is 5.92 Å². The molecule has 0 aliphatic carbocycles. The predicted octanol–water partition coefficient (Wildman–Crippen LogP) is 5.92. The van der Waals surface area contributed by atoms with Gasteiger partial charge in [0.25, 0.3) is 0 Å². The first-order valence-corrected chi connectivity index (χ1v) is 14.0. The van der Waals surface area contributed by atoms with Crippen molar-refractivity contribution in [1.82, 2.24) is 9.80 Å². The average molecular weight is 505 g/mol. The molecule has 36 heavy (non-hydrogen) atoms. The molecule has 1 amide bonds. The molecule has 0 radical (unpaired) electrons. The number of ether oxygens (including phenoxy) is 2. The van der Waals surface area contributed by atoms with Crippen molar-refractivity contribution in [1.29, 1.82) is 0 Å². The number of fused-ring (bicyclic) bond motifs is 1. The van der Waals surface area contributed by atoms with Gasteiger partial charge in [-0.1, -0.05) is 71.8 Å². The summed E-state index contributed by atoms with van der Waals surface area (Å²) >= 11 is 0. The van der Waals surface area contributed by atoms with Gasteiger partial charge in [0.15, 0.2) is 11.5 Å². The molecule has 0 saturated carbocycles. The Kier molecular flexibility index (Phi) is 13.7. The summed E-state index contributed by atoms with van der Waals surface area (Å²) in [5.74, 6) is 0.418. The molecule has 3 atom stereocenters. The molecule has 2 aliphatic heterocycles. The molecular formula is C29H48N2O5. The molecule has 2 aliphatic rings. The lowest BCUT2D eigenvalue weighted by atomic mass is 9.83.